The van der Waals surface area contributed by atoms with E-state index in [4.69, 9.17) is 4.42 Å². The third-order valence-electron chi connectivity index (χ3n) is 1.50. The molecule has 0 fully saturated rings. The average molecular weight is 212 g/mol. The third kappa shape index (κ3) is 1.16. The van der Waals surface area contributed by atoms with E-state index >= 15 is 0 Å². The number of pyridine rings is 1. The molecule has 56 valence electrons. The normalized spacial score (nSPS) is 10.6. The van der Waals surface area contributed by atoms with Gasteiger partial charge < -0.3 is 4.42 Å². The Morgan fingerprint density at radius 1 is 1.36 bits per heavy atom. The first-order valence-electron chi connectivity index (χ1n) is 3.29. The molecular formula is C8H6BrNO. The van der Waals surface area contributed by atoms with E-state index in [9.17, 15) is 0 Å². The molecule has 2 nitrogen and oxygen atoms in total. The molecule has 0 bridgehead atoms. The molecule has 0 atom stereocenters. The van der Waals surface area contributed by atoms with Crippen LogP contribution in [0.3, 0.4) is 0 Å². The van der Waals surface area contributed by atoms with Crippen molar-refractivity contribution >= 4 is 27.0 Å². The van der Waals surface area contributed by atoms with E-state index in [-0.39, 0.29) is 0 Å². The molecule has 0 saturated heterocycles. The van der Waals surface area contributed by atoms with Crippen LogP contribution in [0.25, 0.3) is 11.1 Å². The molecule has 2 aromatic heterocycles. The molecule has 0 aliphatic heterocycles. The summed E-state index contributed by atoms with van der Waals surface area (Å²) in [6.07, 6.45) is 1.65. The highest BCUT2D eigenvalue weighted by Crippen LogP contribution is 2.14. The summed E-state index contributed by atoms with van der Waals surface area (Å²) in [5.41, 5.74) is 2.79. The lowest BCUT2D eigenvalue weighted by Crippen LogP contribution is -1.82. The van der Waals surface area contributed by atoms with Crippen LogP contribution in [-0.4, -0.2) is 4.98 Å². The van der Waals surface area contributed by atoms with Crippen molar-refractivity contribution in [1.82, 2.24) is 4.98 Å². The summed E-state index contributed by atoms with van der Waals surface area (Å²) in [7, 11) is 0. The molecule has 2 aromatic rings. The first kappa shape index (κ1) is 6.85. The topological polar surface area (TPSA) is 26.0 Å². The van der Waals surface area contributed by atoms with Gasteiger partial charge in [0.05, 0.1) is 12.0 Å². The molecule has 3 heteroatoms. The zero-order valence-corrected chi connectivity index (χ0v) is 7.34. The number of alkyl halides is 1. The van der Waals surface area contributed by atoms with Gasteiger partial charge in [0.1, 0.15) is 5.52 Å². The zero-order valence-electron chi connectivity index (χ0n) is 5.75. The molecule has 2 heterocycles. The van der Waals surface area contributed by atoms with Crippen LogP contribution in [0.4, 0.5) is 0 Å². The average Bonchev–Trinajstić information content (AvgIpc) is 2.50. The van der Waals surface area contributed by atoms with E-state index in [2.05, 4.69) is 20.9 Å². The molecule has 0 aromatic carbocycles. The fourth-order valence-corrected chi connectivity index (χ4v) is 1.28. The maximum Gasteiger partial charge on any atom is 0.152 e. The maximum absolute atomic E-state index is 5.14. The van der Waals surface area contributed by atoms with Gasteiger partial charge in [0.15, 0.2) is 5.58 Å². The summed E-state index contributed by atoms with van der Waals surface area (Å²) in [6.45, 7) is 0. The van der Waals surface area contributed by atoms with Crippen molar-refractivity contribution in [3.63, 3.8) is 0 Å². The lowest BCUT2D eigenvalue weighted by atomic mass is 10.3. The number of hydrogen-bond acceptors (Lipinski definition) is 2. The summed E-state index contributed by atoms with van der Waals surface area (Å²) in [4.78, 5) is 4.31. The van der Waals surface area contributed by atoms with Crippen molar-refractivity contribution in [2.45, 2.75) is 5.33 Å². The summed E-state index contributed by atoms with van der Waals surface area (Å²) >= 11 is 3.34. The molecule has 0 aliphatic rings. The Balaban J connectivity index is 2.67. The van der Waals surface area contributed by atoms with Crippen molar-refractivity contribution < 1.29 is 4.42 Å². The Morgan fingerprint density at radius 2 is 2.27 bits per heavy atom. The van der Waals surface area contributed by atoms with E-state index in [0.29, 0.717) is 0 Å². The number of halogens is 1. The van der Waals surface area contributed by atoms with E-state index in [0.717, 1.165) is 22.1 Å². The van der Waals surface area contributed by atoms with Crippen LogP contribution < -0.4 is 0 Å². The molecule has 2 rings (SSSR count). The minimum atomic E-state index is 0.786. The molecule has 0 amide bonds. The molecule has 11 heavy (non-hydrogen) atoms. The van der Waals surface area contributed by atoms with Crippen LogP contribution in [0.1, 0.15) is 5.69 Å². The Kier molecular flexibility index (Phi) is 1.66. The fraction of sp³-hybridized carbons (Fsp3) is 0.125. The predicted molar refractivity (Wildman–Crippen MR) is 46.6 cm³/mol. The number of fused-ring (bicyclic) bond motifs is 1. The number of hydrogen-bond donors (Lipinski definition) is 0. The van der Waals surface area contributed by atoms with E-state index in [1.54, 1.807) is 6.26 Å². The van der Waals surface area contributed by atoms with Gasteiger partial charge in [0, 0.05) is 11.4 Å². The van der Waals surface area contributed by atoms with Gasteiger partial charge in [-0.25, -0.2) is 4.98 Å². The standard InChI is InChI=1S/C8H6BrNO/c9-5-6-1-2-8-7(10-6)3-4-11-8/h1-4H,5H2. The minimum Gasteiger partial charge on any atom is -0.463 e. The fourth-order valence-electron chi connectivity index (χ4n) is 0.970. The summed E-state index contributed by atoms with van der Waals surface area (Å²) in [6, 6.07) is 5.74. The van der Waals surface area contributed by atoms with Gasteiger partial charge >= 0.3 is 0 Å². The summed E-state index contributed by atoms with van der Waals surface area (Å²) in [5.74, 6) is 0. The number of rotatable bonds is 1. The van der Waals surface area contributed by atoms with E-state index in [1.165, 1.54) is 0 Å². The van der Waals surface area contributed by atoms with Gasteiger partial charge in [-0.1, -0.05) is 15.9 Å². The lowest BCUT2D eigenvalue weighted by molar-refractivity contribution is 0.615. The smallest absolute Gasteiger partial charge is 0.152 e. The Morgan fingerprint density at radius 3 is 3.09 bits per heavy atom. The Labute approximate surface area is 72.4 Å². The van der Waals surface area contributed by atoms with Crippen LogP contribution in [0.2, 0.25) is 0 Å². The zero-order chi connectivity index (χ0) is 7.68. The molecule has 0 unspecified atom stereocenters. The second-order valence-electron chi connectivity index (χ2n) is 2.24. The van der Waals surface area contributed by atoms with Crippen molar-refractivity contribution in [3.05, 3.63) is 30.2 Å². The van der Waals surface area contributed by atoms with Gasteiger partial charge in [-0.05, 0) is 12.1 Å². The van der Waals surface area contributed by atoms with E-state index in [1.807, 2.05) is 18.2 Å². The number of nitrogens with zero attached hydrogens (tertiary/aromatic N) is 1. The lowest BCUT2D eigenvalue weighted by Gasteiger charge is -1.91. The van der Waals surface area contributed by atoms with Crippen LogP contribution >= 0.6 is 15.9 Å². The molecule has 0 spiro atoms. The highest BCUT2D eigenvalue weighted by atomic mass is 79.9. The van der Waals surface area contributed by atoms with Crippen molar-refractivity contribution in [1.29, 1.82) is 0 Å². The first-order chi connectivity index (χ1) is 5.40. The minimum absolute atomic E-state index is 0.786. The highest BCUT2D eigenvalue weighted by Gasteiger charge is 1.97. The van der Waals surface area contributed by atoms with Gasteiger partial charge in [0.2, 0.25) is 0 Å². The van der Waals surface area contributed by atoms with E-state index < -0.39 is 0 Å². The van der Waals surface area contributed by atoms with Crippen molar-refractivity contribution in [2.24, 2.45) is 0 Å². The quantitative estimate of drug-likeness (QED) is 0.679. The second kappa shape index (κ2) is 2.66. The second-order valence-corrected chi connectivity index (χ2v) is 2.80. The van der Waals surface area contributed by atoms with Gasteiger partial charge in [0.25, 0.3) is 0 Å². The molecular weight excluding hydrogens is 206 g/mol. The van der Waals surface area contributed by atoms with Crippen LogP contribution in [0.15, 0.2) is 28.9 Å². The third-order valence-corrected chi connectivity index (χ3v) is 2.08. The SMILES string of the molecule is BrCc1ccc2occc2n1. The van der Waals surface area contributed by atoms with Crippen molar-refractivity contribution in [2.75, 3.05) is 0 Å². The van der Waals surface area contributed by atoms with Gasteiger partial charge in [-0.3, -0.25) is 0 Å². The summed E-state index contributed by atoms with van der Waals surface area (Å²) in [5, 5.41) is 0.786. The van der Waals surface area contributed by atoms with Gasteiger partial charge in [-0.2, -0.15) is 0 Å². The van der Waals surface area contributed by atoms with Gasteiger partial charge in [-0.15, -0.1) is 0 Å². The molecule has 0 N–H and O–H groups in total. The van der Waals surface area contributed by atoms with Crippen LogP contribution in [0, 0.1) is 0 Å². The van der Waals surface area contributed by atoms with Crippen molar-refractivity contribution in [3.8, 4) is 0 Å². The molecule has 0 aliphatic carbocycles. The first-order valence-corrected chi connectivity index (χ1v) is 4.41. The van der Waals surface area contributed by atoms with Crippen LogP contribution in [0.5, 0.6) is 0 Å². The molecule has 0 radical (unpaired) electrons. The molecule has 0 saturated carbocycles. The maximum atomic E-state index is 5.14. The Hall–Kier alpha value is -0.830. The van der Waals surface area contributed by atoms with Crippen LogP contribution in [-0.2, 0) is 5.33 Å². The number of furan rings is 1. The predicted octanol–water partition coefficient (Wildman–Crippen LogP) is 2.72. The summed E-state index contributed by atoms with van der Waals surface area (Å²) < 4.78 is 5.14. The highest BCUT2D eigenvalue weighted by molar-refractivity contribution is 9.08. The number of aromatic nitrogens is 1. The monoisotopic (exact) mass is 211 g/mol. The Bertz CT molecular complexity index is 369. The largest absolute Gasteiger partial charge is 0.463 e.